The van der Waals surface area contributed by atoms with Gasteiger partial charge in [-0.3, -0.25) is 4.90 Å². The summed E-state index contributed by atoms with van der Waals surface area (Å²) in [6.07, 6.45) is -8.79. The molecule has 6 nitrogen and oxygen atoms in total. The van der Waals surface area contributed by atoms with Crippen molar-refractivity contribution in [2.75, 3.05) is 13.2 Å². The van der Waals surface area contributed by atoms with E-state index in [0.29, 0.717) is 6.54 Å². The Bertz CT molecular complexity index is 839. The zero-order valence-corrected chi connectivity index (χ0v) is 15.4. The van der Waals surface area contributed by atoms with E-state index in [1.54, 1.807) is 0 Å². The summed E-state index contributed by atoms with van der Waals surface area (Å²) in [6, 6.07) is 11.3. The van der Waals surface area contributed by atoms with E-state index in [0.717, 1.165) is 19.2 Å². The van der Waals surface area contributed by atoms with E-state index in [-0.39, 0.29) is 12.5 Å². The van der Waals surface area contributed by atoms with Crippen molar-refractivity contribution in [1.29, 1.82) is 0 Å². The second-order valence-corrected chi connectivity index (χ2v) is 7.31. The highest BCUT2D eigenvalue weighted by Crippen LogP contribution is 2.30. The van der Waals surface area contributed by atoms with Crippen LogP contribution in [0.1, 0.15) is 16.8 Å². The lowest BCUT2D eigenvalue weighted by atomic mass is 9.99. The third-order valence-electron chi connectivity index (χ3n) is 5.22. The van der Waals surface area contributed by atoms with Crippen molar-refractivity contribution < 1.29 is 32.9 Å². The monoisotopic (exact) mass is 410 g/mol. The molecule has 1 aromatic carbocycles. The molecule has 4 atom stereocenters. The smallest absolute Gasteiger partial charge is 0.433 e. The molecule has 0 aliphatic carbocycles. The topological polar surface area (TPSA) is 75.0 Å². The number of nitrogens with zero attached hydrogens (tertiary/aromatic N) is 2. The number of hydrogen-bond acceptors (Lipinski definition) is 6. The van der Waals surface area contributed by atoms with Crippen molar-refractivity contribution in [3.63, 3.8) is 0 Å². The van der Waals surface area contributed by atoms with Crippen LogP contribution >= 0.6 is 0 Å². The van der Waals surface area contributed by atoms with Gasteiger partial charge in [-0.05, 0) is 17.2 Å². The largest absolute Gasteiger partial charge is 0.469 e. The van der Waals surface area contributed by atoms with Gasteiger partial charge in [0.25, 0.3) is 0 Å². The first-order valence-corrected chi connectivity index (χ1v) is 9.29. The highest BCUT2D eigenvalue weighted by molar-refractivity contribution is 5.30. The van der Waals surface area contributed by atoms with Gasteiger partial charge in [0.15, 0.2) is 6.10 Å². The number of halogens is 3. The molecule has 0 radical (unpaired) electrons. The summed E-state index contributed by atoms with van der Waals surface area (Å²) < 4.78 is 49.4. The Labute approximate surface area is 165 Å². The maximum absolute atomic E-state index is 12.8. The van der Waals surface area contributed by atoms with Gasteiger partial charge in [0.2, 0.25) is 5.88 Å². The van der Waals surface area contributed by atoms with E-state index in [2.05, 4.69) is 9.88 Å². The van der Waals surface area contributed by atoms with Gasteiger partial charge < -0.3 is 19.7 Å². The van der Waals surface area contributed by atoms with Crippen LogP contribution in [0.4, 0.5) is 13.2 Å². The highest BCUT2D eigenvalue weighted by atomic mass is 19.4. The molecule has 0 spiro atoms. The maximum Gasteiger partial charge on any atom is 0.433 e. The summed E-state index contributed by atoms with van der Waals surface area (Å²) in [5.74, 6) is -0.284. The quantitative estimate of drug-likeness (QED) is 0.803. The second kappa shape index (κ2) is 7.91. The number of alkyl halides is 3. The molecule has 2 N–H and O–H groups in total. The van der Waals surface area contributed by atoms with E-state index < -0.39 is 36.3 Å². The van der Waals surface area contributed by atoms with E-state index in [1.165, 1.54) is 23.3 Å². The molecule has 156 valence electrons. The van der Waals surface area contributed by atoms with Crippen LogP contribution < -0.4 is 4.74 Å². The summed E-state index contributed by atoms with van der Waals surface area (Å²) in [5.41, 5.74) is 1.35. The maximum atomic E-state index is 12.8. The first kappa shape index (κ1) is 20.1. The van der Waals surface area contributed by atoms with E-state index in [4.69, 9.17) is 9.47 Å². The van der Waals surface area contributed by atoms with Gasteiger partial charge in [-0.2, -0.15) is 13.2 Å². The lowest BCUT2D eigenvalue weighted by Gasteiger charge is -2.38. The molecular formula is C20H21F3N2O4. The molecule has 0 amide bonds. The van der Waals surface area contributed by atoms with E-state index >= 15 is 0 Å². The molecule has 0 unspecified atom stereocenters. The molecule has 0 saturated carbocycles. The predicted octanol–water partition coefficient (Wildman–Crippen LogP) is 1.98. The van der Waals surface area contributed by atoms with E-state index in [9.17, 15) is 23.4 Å². The van der Waals surface area contributed by atoms with Crippen LogP contribution in [0.5, 0.6) is 5.88 Å². The molecule has 1 fully saturated rings. The fourth-order valence-electron chi connectivity index (χ4n) is 3.70. The number of fused-ring (bicyclic) bond motifs is 1. The normalized spacial score (nSPS) is 27.6. The minimum absolute atomic E-state index is 0.0678. The highest BCUT2D eigenvalue weighted by Gasteiger charge is 2.41. The lowest BCUT2D eigenvalue weighted by molar-refractivity contribution is -0.185. The standard InChI is InChI=1S/C20H21F3N2O4/c21-20(22,23)16-6-3-7-17(24-16)29-15-11-28-14(18(26)19(15)27)10-25-8-12-4-1-2-5-13(12)9-25/h1-7,14-15,18-19,26-27H,8-11H2/t14-,15+,18+,19-/m1/s1. The van der Waals surface area contributed by atoms with Crippen molar-refractivity contribution in [3.05, 3.63) is 59.3 Å². The zero-order chi connectivity index (χ0) is 20.6. The predicted molar refractivity (Wildman–Crippen MR) is 96.0 cm³/mol. The molecule has 4 rings (SSSR count). The average Bonchev–Trinajstić information content (AvgIpc) is 3.10. The van der Waals surface area contributed by atoms with Crippen molar-refractivity contribution in [1.82, 2.24) is 9.88 Å². The third kappa shape index (κ3) is 4.37. The minimum Gasteiger partial charge on any atom is -0.469 e. The Morgan fingerprint density at radius 3 is 2.38 bits per heavy atom. The number of hydrogen-bond donors (Lipinski definition) is 2. The van der Waals surface area contributed by atoms with Gasteiger partial charge in [-0.25, -0.2) is 4.98 Å². The molecule has 2 aliphatic rings. The van der Waals surface area contributed by atoms with Crippen molar-refractivity contribution in [2.24, 2.45) is 0 Å². The first-order valence-electron chi connectivity index (χ1n) is 9.29. The van der Waals surface area contributed by atoms with Gasteiger partial charge >= 0.3 is 6.18 Å². The third-order valence-corrected chi connectivity index (χ3v) is 5.22. The van der Waals surface area contributed by atoms with Crippen LogP contribution in [0, 0.1) is 0 Å². The van der Waals surface area contributed by atoms with Crippen LogP contribution in [0.25, 0.3) is 0 Å². The Morgan fingerprint density at radius 2 is 1.72 bits per heavy atom. The minimum atomic E-state index is -4.60. The molecule has 2 aliphatic heterocycles. The van der Waals surface area contributed by atoms with Crippen molar-refractivity contribution >= 4 is 0 Å². The number of ether oxygens (including phenoxy) is 2. The zero-order valence-electron chi connectivity index (χ0n) is 15.4. The summed E-state index contributed by atoms with van der Waals surface area (Å²) >= 11 is 0. The van der Waals surface area contributed by atoms with Crippen LogP contribution in [0.15, 0.2) is 42.5 Å². The first-order chi connectivity index (χ1) is 13.8. The molecular weight excluding hydrogens is 389 g/mol. The van der Waals surface area contributed by atoms with Gasteiger partial charge in [0.1, 0.15) is 17.9 Å². The average molecular weight is 410 g/mol. The fourth-order valence-corrected chi connectivity index (χ4v) is 3.70. The van der Waals surface area contributed by atoms with Gasteiger partial charge in [0.05, 0.1) is 12.7 Å². The number of pyridine rings is 1. The van der Waals surface area contributed by atoms with E-state index in [1.807, 2.05) is 24.3 Å². The van der Waals surface area contributed by atoms with Crippen molar-refractivity contribution in [3.8, 4) is 5.88 Å². The summed E-state index contributed by atoms with van der Waals surface area (Å²) in [7, 11) is 0. The number of aliphatic hydroxyl groups excluding tert-OH is 2. The SMILES string of the molecule is O[C@@H]1[C@H](O)[C@@H](Oc2cccc(C(F)(F)F)n2)CO[C@@H]1CN1Cc2ccccc2C1. The summed E-state index contributed by atoms with van der Waals surface area (Å²) in [6.45, 7) is 1.81. The van der Waals surface area contributed by atoms with Crippen LogP contribution in [0.3, 0.4) is 0 Å². The number of aromatic nitrogens is 1. The van der Waals surface area contributed by atoms with Crippen LogP contribution in [0.2, 0.25) is 0 Å². The number of rotatable bonds is 4. The summed E-state index contributed by atoms with van der Waals surface area (Å²) in [4.78, 5) is 5.53. The molecule has 3 heterocycles. The van der Waals surface area contributed by atoms with Gasteiger partial charge in [-0.15, -0.1) is 0 Å². The Morgan fingerprint density at radius 1 is 1.03 bits per heavy atom. The fraction of sp³-hybridized carbons (Fsp3) is 0.450. The lowest BCUT2D eigenvalue weighted by Crippen LogP contribution is -2.57. The molecule has 9 heteroatoms. The summed E-state index contributed by atoms with van der Waals surface area (Å²) in [5, 5.41) is 20.9. The Kier molecular flexibility index (Phi) is 5.48. The number of aliphatic hydroxyl groups is 2. The molecule has 2 aromatic rings. The van der Waals surface area contributed by atoms with Gasteiger partial charge in [-0.1, -0.05) is 30.3 Å². The van der Waals surface area contributed by atoms with Crippen molar-refractivity contribution in [2.45, 2.75) is 43.7 Å². The van der Waals surface area contributed by atoms with Gasteiger partial charge in [0, 0.05) is 25.7 Å². The second-order valence-electron chi connectivity index (χ2n) is 7.31. The Balaban J connectivity index is 1.36. The molecule has 29 heavy (non-hydrogen) atoms. The number of benzene rings is 1. The van der Waals surface area contributed by atoms with Crippen LogP contribution in [-0.4, -0.2) is 57.7 Å². The Hall–Kier alpha value is -2.20. The molecule has 1 saturated heterocycles. The van der Waals surface area contributed by atoms with Crippen LogP contribution in [-0.2, 0) is 24.0 Å². The molecule has 1 aromatic heterocycles. The molecule has 0 bridgehead atoms.